The molecule has 0 heterocycles. The number of rotatable bonds is 5. The Morgan fingerprint density at radius 1 is 1.28 bits per heavy atom. The standard InChI is InChI=1S/C15H23NO2/c1-16-14-8-3-4-9-15(14)18-13-7-5-6-12(10-13)11-17-2/h5-7,10,14-16H,3-4,8-9,11H2,1-2H3. The second-order valence-electron chi connectivity index (χ2n) is 4.92. The SMILES string of the molecule is CNC1CCCCC1Oc1cccc(COC)c1. The molecule has 0 saturated heterocycles. The summed E-state index contributed by atoms with van der Waals surface area (Å²) in [5, 5.41) is 3.36. The lowest BCUT2D eigenvalue weighted by molar-refractivity contribution is 0.117. The molecule has 2 rings (SSSR count). The molecule has 3 heteroatoms. The van der Waals surface area contributed by atoms with Gasteiger partial charge in [-0.05, 0) is 44.0 Å². The van der Waals surface area contributed by atoms with E-state index in [-0.39, 0.29) is 0 Å². The Hall–Kier alpha value is -1.06. The van der Waals surface area contributed by atoms with Crippen molar-refractivity contribution in [1.29, 1.82) is 0 Å². The fourth-order valence-electron chi connectivity index (χ4n) is 2.62. The largest absolute Gasteiger partial charge is 0.489 e. The topological polar surface area (TPSA) is 30.5 Å². The highest BCUT2D eigenvalue weighted by molar-refractivity contribution is 5.28. The van der Waals surface area contributed by atoms with Gasteiger partial charge in [0.05, 0.1) is 6.61 Å². The van der Waals surface area contributed by atoms with E-state index in [1.807, 2.05) is 19.2 Å². The Bertz CT molecular complexity index is 367. The average Bonchev–Trinajstić information content (AvgIpc) is 2.40. The Labute approximate surface area is 109 Å². The van der Waals surface area contributed by atoms with Crippen LogP contribution in [0.25, 0.3) is 0 Å². The van der Waals surface area contributed by atoms with E-state index >= 15 is 0 Å². The number of nitrogens with one attached hydrogen (secondary N) is 1. The van der Waals surface area contributed by atoms with Gasteiger partial charge in [0.15, 0.2) is 0 Å². The van der Waals surface area contributed by atoms with E-state index in [1.165, 1.54) is 19.3 Å². The molecule has 1 aromatic rings. The fourth-order valence-corrected chi connectivity index (χ4v) is 2.62. The average molecular weight is 249 g/mol. The lowest BCUT2D eigenvalue weighted by atomic mass is 9.92. The van der Waals surface area contributed by atoms with Crippen LogP contribution in [0.5, 0.6) is 5.75 Å². The van der Waals surface area contributed by atoms with Gasteiger partial charge in [-0.15, -0.1) is 0 Å². The fraction of sp³-hybridized carbons (Fsp3) is 0.600. The molecule has 18 heavy (non-hydrogen) atoms. The molecule has 0 amide bonds. The van der Waals surface area contributed by atoms with E-state index in [4.69, 9.17) is 9.47 Å². The van der Waals surface area contributed by atoms with Crippen LogP contribution in [0.3, 0.4) is 0 Å². The van der Waals surface area contributed by atoms with Gasteiger partial charge in [0, 0.05) is 13.2 Å². The molecule has 3 nitrogen and oxygen atoms in total. The molecule has 1 aliphatic carbocycles. The summed E-state index contributed by atoms with van der Waals surface area (Å²) in [6.07, 6.45) is 5.20. The Morgan fingerprint density at radius 2 is 2.11 bits per heavy atom. The molecule has 1 saturated carbocycles. The second kappa shape index (κ2) is 6.76. The molecule has 1 fully saturated rings. The third kappa shape index (κ3) is 3.47. The summed E-state index contributed by atoms with van der Waals surface area (Å²) in [7, 11) is 3.74. The number of hydrogen-bond donors (Lipinski definition) is 1. The van der Waals surface area contributed by atoms with E-state index in [0.29, 0.717) is 18.8 Å². The third-order valence-corrected chi connectivity index (χ3v) is 3.57. The number of methoxy groups -OCH3 is 1. The van der Waals surface area contributed by atoms with Crippen LogP contribution < -0.4 is 10.1 Å². The lowest BCUT2D eigenvalue weighted by Gasteiger charge is -2.31. The maximum absolute atomic E-state index is 6.13. The van der Waals surface area contributed by atoms with Crippen molar-refractivity contribution in [2.24, 2.45) is 0 Å². The van der Waals surface area contributed by atoms with Crippen LogP contribution in [0.2, 0.25) is 0 Å². The van der Waals surface area contributed by atoms with Gasteiger partial charge >= 0.3 is 0 Å². The van der Waals surface area contributed by atoms with Gasteiger partial charge < -0.3 is 14.8 Å². The summed E-state index contributed by atoms with van der Waals surface area (Å²) in [6, 6.07) is 8.67. The van der Waals surface area contributed by atoms with Gasteiger partial charge in [0.2, 0.25) is 0 Å². The molecular formula is C15H23NO2. The molecule has 0 aromatic heterocycles. The third-order valence-electron chi connectivity index (χ3n) is 3.57. The van der Waals surface area contributed by atoms with Gasteiger partial charge in [-0.1, -0.05) is 18.6 Å². The molecule has 0 spiro atoms. The van der Waals surface area contributed by atoms with Crippen molar-refractivity contribution in [3.05, 3.63) is 29.8 Å². The van der Waals surface area contributed by atoms with E-state index in [2.05, 4.69) is 17.4 Å². The zero-order chi connectivity index (χ0) is 12.8. The van der Waals surface area contributed by atoms with Crippen molar-refractivity contribution in [1.82, 2.24) is 5.32 Å². The normalized spacial score (nSPS) is 23.9. The zero-order valence-corrected chi connectivity index (χ0v) is 11.3. The molecule has 100 valence electrons. The van der Waals surface area contributed by atoms with E-state index < -0.39 is 0 Å². The van der Waals surface area contributed by atoms with Crippen LogP contribution in [-0.2, 0) is 11.3 Å². The van der Waals surface area contributed by atoms with Crippen molar-refractivity contribution in [2.75, 3.05) is 14.2 Å². The maximum atomic E-state index is 6.13. The van der Waals surface area contributed by atoms with Crippen LogP contribution in [0.4, 0.5) is 0 Å². The highest BCUT2D eigenvalue weighted by Gasteiger charge is 2.25. The van der Waals surface area contributed by atoms with Gasteiger partial charge in [0.1, 0.15) is 11.9 Å². The number of likely N-dealkylation sites (N-methyl/N-ethyl adjacent to an activating group) is 1. The minimum Gasteiger partial charge on any atom is -0.489 e. The highest BCUT2D eigenvalue weighted by Crippen LogP contribution is 2.24. The van der Waals surface area contributed by atoms with E-state index in [1.54, 1.807) is 7.11 Å². The van der Waals surface area contributed by atoms with Crippen molar-refractivity contribution in [3.63, 3.8) is 0 Å². The first kappa shape index (κ1) is 13.4. The van der Waals surface area contributed by atoms with Gasteiger partial charge in [0.25, 0.3) is 0 Å². The first-order valence-corrected chi connectivity index (χ1v) is 6.75. The van der Waals surface area contributed by atoms with Gasteiger partial charge in [-0.2, -0.15) is 0 Å². The summed E-state index contributed by atoms with van der Waals surface area (Å²) in [5.74, 6) is 0.955. The van der Waals surface area contributed by atoms with Crippen LogP contribution in [-0.4, -0.2) is 26.3 Å². The van der Waals surface area contributed by atoms with E-state index in [0.717, 1.165) is 17.7 Å². The van der Waals surface area contributed by atoms with Crippen LogP contribution in [0.1, 0.15) is 31.2 Å². The molecule has 2 atom stereocenters. The molecule has 0 radical (unpaired) electrons. The highest BCUT2D eigenvalue weighted by atomic mass is 16.5. The van der Waals surface area contributed by atoms with Crippen molar-refractivity contribution in [2.45, 2.75) is 44.4 Å². The summed E-state index contributed by atoms with van der Waals surface area (Å²) < 4.78 is 11.3. The molecule has 1 aromatic carbocycles. The Kier molecular flexibility index (Phi) is 5.02. The van der Waals surface area contributed by atoms with Crippen molar-refractivity contribution < 1.29 is 9.47 Å². The Balaban J connectivity index is 2.00. The van der Waals surface area contributed by atoms with E-state index in [9.17, 15) is 0 Å². The minimum absolute atomic E-state index is 0.293. The number of ether oxygens (including phenoxy) is 2. The predicted molar refractivity (Wildman–Crippen MR) is 72.9 cm³/mol. The number of benzene rings is 1. The predicted octanol–water partition coefficient (Wildman–Crippen LogP) is 2.74. The molecule has 0 aliphatic heterocycles. The van der Waals surface area contributed by atoms with Crippen LogP contribution >= 0.6 is 0 Å². The van der Waals surface area contributed by atoms with Crippen LogP contribution in [0, 0.1) is 0 Å². The molecular weight excluding hydrogens is 226 g/mol. The monoisotopic (exact) mass is 249 g/mol. The lowest BCUT2D eigenvalue weighted by Crippen LogP contribution is -2.43. The van der Waals surface area contributed by atoms with Crippen molar-refractivity contribution in [3.8, 4) is 5.75 Å². The summed E-state index contributed by atoms with van der Waals surface area (Å²) in [4.78, 5) is 0. The molecule has 1 aliphatic rings. The van der Waals surface area contributed by atoms with Gasteiger partial charge in [-0.25, -0.2) is 0 Å². The first-order valence-electron chi connectivity index (χ1n) is 6.75. The van der Waals surface area contributed by atoms with Crippen molar-refractivity contribution >= 4 is 0 Å². The minimum atomic E-state index is 0.293. The summed E-state index contributed by atoms with van der Waals surface area (Å²) in [6.45, 7) is 0.636. The molecule has 1 N–H and O–H groups in total. The molecule has 0 bridgehead atoms. The summed E-state index contributed by atoms with van der Waals surface area (Å²) in [5.41, 5.74) is 1.16. The quantitative estimate of drug-likeness (QED) is 0.870. The van der Waals surface area contributed by atoms with Gasteiger partial charge in [-0.3, -0.25) is 0 Å². The number of hydrogen-bond acceptors (Lipinski definition) is 3. The first-order chi connectivity index (χ1) is 8.83. The smallest absolute Gasteiger partial charge is 0.120 e. The zero-order valence-electron chi connectivity index (χ0n) is 11.3. The Morgan fingerprint density at radius 3 is 2.89 bits per heavy atom. The summed E-state index contributed by atoms with van der Waals surface area (Å²) >= 11 is 0. The van der Waals surface area contributed by atoms with Crippen LogP contribution in [0.15, 0.2) is 24.3 Å². The second-order valence-corrected chi connectivity index (χ2v) is 4.92. The maximum Gasteiger partial charge on any atom is 0.120 e. The molecule has 2 unspecified atom stereocenters.